The first kappa shape index (κ1) is 12.5. The highest BCUT2D eigenvalue weighted by Gasteiger charge is 2.27. The summed E-state index contributed by atoms with van der Waals surface area (Å²) in [6.07, 6.45) is 0.739. The van der Waals surface area contributed by atoms with E-state index in [1.165, 1.54) is 11.7 Å². The van der Waals surface area contributed by atoms with Gasteiger partial charge in [0.1, 0.15) is 0 Å². The van der Waals surface area contributed by atoms with Gasteiger partial charge in [0, 0.05) is 7.05 Å². The third-order valence-corrected chi connectivity index (χ3v) is 2.89. The molecule has 0 radical (unpaired) electrons. The molecule has 2 rings (SSSR count). The molecule has 98 valence electrons. The van der Waals surface area contributed by atoms with E-state index in [2.05, 4.69) is 20.7 Å². The van der Waals surface area contributed by atoms with Gasteiger partial charge in [0.25, 0.3) is 0 Å². The molecule has 1 amide bonds. The predicted octanol–water partition coefficient (Wildman–Crippen LogP) is -1.59. The second kappa shape index (κ2) is 4.73. The van der Waals surface area contributed by atoms with Gasteiger partial charge in [-0.2, -0.15) is 4.98 Å². The fourth-order valence-electron chi connectivity index (χ4n) is 1.90. The smallest absolute Gasteiger partial charge is 0.306 e. The first-order chi connectivity index (χ1) is 8.47. The van der Waals surface area contributed by atoms with E-state index >= 15 is 0 Å². The molecule has 0 spiro atoms. The zero-order valence-corrected chi connectivity index (χ0v) is 10.2. The van der Waals surface area contributed by atoms with Crippen molar-refractivity contribution in [1.82, 2.24) is 20.1 Å². The Hall–Kier alpha value is -1.96. The molecule has 8 nitrogen and oxygen atoms in total. The Kier molecular flexibility index (Phi) is 3.28. The van der Waals surface area contributed by atoms with Crippen molar-refractivity contribution >= 4 is 11.9 Å². The number of hydrogen-bond acceptors (Lipinski definition) is 5. The first-order valence-electron chi connectivity index (χ1n) is 5.69. The minimum Gasteiger partial charge on any atom is -0.306 e. The van der Waals surface area contributed by atoms with Crippen LogP contribution in [0.4, 0.5) is 5.95 Å². The first-order valence-corrected chi connectivity index (χ1v) is 5.69. The van der Waals surface area contributed by atoms with E-state index in [4.69, 9.17) is 0 Å². The van der Waals surface area contributed by atoms with Crippen LogP contribution in [0.2, 0.25) is 0 Å². The zero-order chi connectivity index (χ0) is 13.3. The van der Waals surface area contributed by atoms with Gasteiger partial charge in [-0.3, -0.25) is 29.5 Å². The highest BCUT2D eigenvalue weighted by molar-refractivity contribution is 5.93. The number of anilines is 1. The SMILES string of the molecule is CC1CNC(C(=O)Nc2nc(=O)c(=O)[nH]n2C)C1. The van der Waals surface area contributed by atoms with E-state index in [-0.39, 0.29) is 17.9 Å². The third-order valence-electron chi connectivity index (χ3n) is 2.89. The summed E-state index contributed by atoms with van der Waals surface area (Å²) < 4.78 is 1.21. The molecular weight excluding hydrogens is 238 g/mol. The summed E-state index contributed by atoms with van der Waals surface area (Å²) in [6.45, 7) is 2.84. The molecule has 1 aliphatic rings. The molecule has 1 aromatic heterocycles. The predicted molar refractivity (Wildman–Crippen MR) is 64.3 cm³/mol. The topological polar surface area (TPSA) is 109 Å². The van der Waals surface area contributed by atoms with Gasteiger partial charge < -0.3 is 5.32 Å². The number of nitrogens with one attached hydrogen (secondary N) is 3. The molecule has 2 heterocycles. The van der Waals surface area contributed by atoms with Crippen LogP contribution in [0, 0.1) is 5.92 Å². The Bertz CT molecular complexity index is 576. The Labute approximate surface area is 102 Å². The standard InChI is InChI=1S/C10H15N5O3/c1-5-3-6(11-4-5)7(16)12-10-13-8(17)9(18)14-15(10)2/h5-6,11H,3-4H2,1-2H3,(H,14,18)(H,12,13,16,17). The normalized spacial score (nSPS) is 23.0. The Morgan fingerprint density at radius 1 is 1.50 bits per heavy atom. The maximum Gasteiger partial charge on any atom is 0.340 e. The summed E-state index contributed by atoms with van der Waals surface area (Å²) in [5.74, 6) is 0.216. The van der Waals surface area contributed by atoms with Crippen molar-refractivity contribution in [1.29, 1.82) is 0 Å². The van der Waals surface area contributed by atoms with Gasteiger partial charge in [-0.25, -0.2) is 0 Å². The highest BCUT2D eigenvalue weighted by atomic mass is 16.2. The quantitative estimate of drug-likeness (QED) is 0.550. The van der Waals surface area contributed by atoms with Gasteiger partial charge >= 0.3 is 11.1 Å². The molecule has 1 aromatic rings. The van der Waals surface area contributed by atoms with Crippen LogP contribution in [0.1, 0.15) is 13.3 Å². The molecule has 2 unspecified atom stereocenters. The summed E-state index contributed by atoms with van der Waals surface area (Å²) >= 11 is 0. The Balaban J connectivity index is 2.14. The van der Waals surface area contributed by atoms with E-state index in [0.29, 0.717) is 5.92 Å². The molecule has 0 aliphatic carbocycles. The van der Waals surface area contributed by atoms with E-state index in [0.717, 1.165) is 13.0 Å². The lowest BCUT2D eigenvalue weighted by Crippen LogP contribution is -2.39. The van der Waals surface area contributed by atoms with E-state index in [9.17, 15) is 14.4 Å². The van der Waals surface area contributed by atoms with Crippen LogP contribution in [-0.4, -0.2) is 33.3 Å². The lowest BCUT2D eigenvalue weighted by molar-refractivity contribution is -0.117. The highest BCUT2D eigenvalue weighted by Crippen LogP contribution is 2.13. The van der Waals surface area contributed by atoms with Gasteiger partial charge in [0.15, 0.2) is 0 Å². The number of H-pyrrole nitrogens is 1. The van der Waals surface area contributed by atoms with Gasteiger partial charge in [-0.1, -0.05) is 6.92 Å². The van der Waals surface area contributed by atoms with Crippen LogP contribution in [0.25, 0.3) is 0 Å². The van der Waals surface area contributed by atoms with Gasteiger partial charge in [-0.15, -0.1) is 0 Å². The molecule has 0 saturated carbocycles. The fraction of sp³-hybridized carbons (Fsp3) is 0.600. The third kappa shape index (κ3) is 2.48. The van der Waals surface area contributed by atoms with E-state index in [1.807, 2.05) is 6.92 Å². The van der Waals surface area contributed by atoms with Crippen molar-refractivity contribution in [2.45, 2.75) is 19.4 Å². The van der Waals surface area contributed by atoms with Crippen LogP contribution in [0.3, 0.4) is 0 Å². The Morgan fingerprint density at radius 3 is 2.83 bits per heavy atom. The number of aromatic nitrogens is 3. The second-order valence-corrected chi connectivity index (χ2v) is 4.53. The van der Waals surface area contributed by atoms with Crippen molar-refractivity contribution in [2.75, 3.05) is 11.9 Å². The van der Waals surface area contributed by atoms with Crippen molar-refractivity contribution < 1.29 is 4.79 Å². The summed E-state index contributed by atoms with van der Waals surface area (Å²) in [6, 6.07) is -0.288. The summed E-state index contributed by atoms with van der Waals surface area (Å²) in [5.41, 5.74) is -1.74. The number of carbonyl (C=O) groups excluding carboxylic acids is 1. The number of hydrogen-bond donors (Lipinski definition) is 3. The number of nitrogens with zero attached hydrogens (tertiary/aromatic N) is 2. The van der Waals surface area contributed by atoms with Crippen LogP contribution >= 0.6 is 0 Å². The van der Waals surface area contributed by atoms with Gasteiger partial charge in [-0.05, 0) is 18.9 Å². The average Bonchev–Trinajstić information content (AvgIpc) is 2.73. The maximum atomic E-state index is 11.9. The number of aryl methyl sites for hydroxylation is 1. The van der Waals surface area contributed by atoms with Crippen molar-refractivity contribution in [3.05, 3.63) is 20.7 Å². The van der Waals surface area contributed by atoms with Gasteiger partial charge in [0.05, 0.1) is 6.04 Å². The van der Waals surface area contributed by atoms with Crippen LogP contribution < -0.4 is 21.8 Å². The summed E-state index contributed by atoms with van der Waals surface area (Å²) in [4.78, 5) is 37.5. The van der Waals surface area contributed by atoms with Crippen molar-refractivity contribution in [3.63, 3.8) is 0 Å². The lowest BCUT2D eigenvalue weighted by Gasteiger charge is -2.12. The molecule has 0 aromatic carbocycles. The molecule has 0 bridgehead atoms. The molecule has 1 aliphatic heterocycles. The minimum absolute atomic E-state index is 0.0333. The molecule has 2 atom stereocenters. The van der Waals surface area contributed by atoms with Gasteiger partial charge in [0.2, 0.25) is 11.9 Å². The molecule has 3 N–H and O–H groups in total. The molecule has 18 heavy (non-hydrogen) atoms. The van der Waals surface area contributed by atoms with Crippen molar-refractivity contribution in [3.8, 4) is 0 Å². The van der Waals surface area contributed by atoms with Crippen LogP contribution in [0.15, 0.2) is 9.59 Å². The summed E-state index contributed by atoms with van der Waals surface area (Å²) in [7, 11) is 1.49. The fourth-order valence-corrected chi connectivity index (χ4v) is 1.90. The second-order valence-electron chi connectivity index (χ2n) is 4.53. The lowest BCUT2D eigenvalue weighted by atomic mass is 10.1. The number of aromatic amines is 1. The maximum absolute atomic E-state index is 11.9. The van der Waals surface area contributed by atoms with Crippen LogP contribution in [0.5, 0.6) is 0 Å². The molecule has 8 heteroatoms. The largest absolute Gasteiger partial charge is 0.340 e. The number of amides is 1. The molecule has 1 fully saturated rings. The molecular formula is C10H15N5O3. The number of carbonyl (C=O) groups is 1. The Morgan fingerprint density at radius 2 is 2.22 bits per heavy atom. The number of rotatable bonds is 2. The van der Waals surface area contributed by atoms with Crippen molar-refractivity contribution in [2.24, 2.45) is 13.0 Å². The molecule has 1 saturated heterocycles. The minimum atomic E-state index is -0.920. The average molecular weight is 253 g/mol. The summed E-state index contributed by atoms with van der Waals surface area (Å²) in [5, 5.41) is 7.86. The zero-order valence-electron chi connectivity index (χ0n) is 10.2. The van der Waals surface area contributed by atoms with E-state index < -0.39 is 11.1 Å². The van der Waals surface area contributed by atoms with Crippen LogP contribution in [-0.2, 0) is 11.8 Å². The van der Waals surface area contributed by atoms with E-state index in [1.54, 1.807) is 0 Å². The monoisotopic (exact) mass is 253 g/mol.